The molecule has 0 heterocycles. The van der Waals surface area contributed by atoms with Gasteiger partial charge >= 0.3 is 0 Å². The molecule has 3 heteroatoms. The van der Waals surface area contributed by atoms with Crippen LogP contribution >= 0.6 is 27.4 Å². The van der Waals surface area contributed by atoms with E-state index >= 15 is 0 Å². The average Bonchev–Trinajstić information content (AvgIpc) is 2.16. The van der Waals surface area contributed by atoms with Gasteiger partial charge in [0.1, 0.15) is 0 Å². The second kappa shape index (κ2) is 5.82. The zero-order valence-corrected chi connectivity index (χ0v) is 11.0. The number of rotatable bonds is 4. The van der Waals surface area contributed by atoms with Gasteiger partial charge in [0.05, 0.1) is 0 Å². The molecular weight excluding hydrogens is 258 g/mol. The molecule has 0 aliphatic rings. The summed E-state index contributed by atoms with van der Waals surface area (Å²) in [6, 6.07) is 8.35. The highest BCUT2D eigenvalue weighted by Crippen LogP contribution is 2.12. The van der Waals surface area contributed by atoms with E-state index in [1.54, 1.807) is 0 Å². The Balaban J connectivity index is 2.82. The number of hydrogen-bond donors (Lipinski definition) is 0. The molecule has 0 spiro atoms. The van der Waals surface area contributed by atoms with Gasteiger partial charge in [-0.3, -0.25) is 0 Å². The van der Waals surface area contributed by atoms with Gasteiger partial charge in [-0.2, -0.15) is 11.5 Å². The Bertz CT molecular complexity index is 288. The molecule has 0 saturated carbocycles. The summed E-state index contributed by atoms with van der Waals surface area (Å²) in [5, 5.41) is 0.879. The second-order valence-electron chi connectivity index (χ2n) is 3.93. The summed E-state index contributed by atoms with van der Waals surface area (Å²) in [6.07, 6.45) is 1.18. The van der Waals surface area contributed by atoms with Crippen LogP contribution in [0.15, 0.2) is 24.3 Å². The van der Waals surface area contributed by atoms with Crippen molar-refractivity contribution in [2.75, 3.05) is 0 Å². The minimum atomic E-state index is 0.142. The molecule has 0 aromatic heterocycles. The van der Waals surface area contributed by atoms with Crippen LogP contribution in [0.2, 0.25) is 6.32 Å². The standard InChI is InChI=1S/C11H15BBrCl/c1-9(2)7-12(14)11-6-4-3-5-10(11)8-13/h3-6,9H,7-8H2,1-2H3. The predicted octanol–water partition coefficient (Wildman–Crippen LogP) is 3.67. The van der Waals surface area contributed by atoms with E-state index in [0.29, 0.717) is 5.92 Å². The Hall–Kier alpha value is 0.0549. The summed E-state index contributed by atoms with van der Waals surface area (Å²) in [7, 11) is 0. The van der Waals surface area contributed by atoms with E-state index in [9.17, 15) is 0 Å². The molecule has 0 atom stereocenters. The molecule has 0 unspecified atom stereocenters. The van der Waals surface area contributed by atoms with Crippen LogP contribution in [0.4, 0.5) is 0 Å². The van der Waals surface area contributed by atoms with Crippen molar-refractivity contribution in [1.29, 1.82) is 0 Å². The monoisotopic (exact) mass is 272 g/mol. The van der Waals surface area contributed by atoms with Crippen LogP contribution in [0.3, 0.4) is 0 Å². The highest BCUT2D eigenvalue weighted by atomic mass is 79.9. The molecule has 0 amide bonds. The van der Waals surface area contributed by atoms with Crippen LogP contribution in [0.1, 0.15) is 19.4 Å². The number of alkyl halides is 1. The molecule has 0 saturated heterocycles. The largest absolute Gasteiger partial charge is 0.283 e. The topological polar surface area (TPSA) is 0 Å². The van der Waals surface area contributed by atoms with E-state index in [-0.39, 0.29) is 6.13 Å². The lowest BCUT2D eigenvalue weighted by Crippen LogP contribution is -2.28. The van der Waals surface area contributed by atoms with Crippen LogP contribution in [0, 0.1) is 5.92 Å². The van der Waals surface area contributed by atoms with Gasteiger partial charge in [0.25, 0.3) is 6.13 Å². The van der Waals surface area contributed by atoms with Crippen LogP contribution in [0.5, 0.6) is 0 Å². The Morgan fingerprint density at radius 1 is 1.36 bits per heavy atom. The fourth-order valence-corrected chi connectivity index (χ4v) is 2.58. The number of hydrogen-bond acceptors (Lipinski definition) is 0. The Labute approximate surface area is 100 Å². The lowest BCUT2D eigenvalue weighted by Gasteiger charge is -2.12. The van der Waals surface area contributed by atoms with Gasteiger partial charge in [-0.1, -0.05) is 71.7 Å². The van der Waals surface area contributed by atoms with Crippen molar-refractivity contribution < 1.29 is 0 Å². The Morgan fingerprint density at radius 3 is 2.57 bits per heavy atom. The maximum atomic E-state index is 6.36. The van der Waals surface area contributed by atoms with Crippen molar-refractivity contribution in [3.8, 4) is 0 Å². The first kappa shape index (κ1) is 12.1. The van der Waals surface area contributed by atoms with Crippen molar-refractivity contribution in [1.82, 2.24) is 0 Å². The molecule has 76 valence electrons. The summed E-state index contributed by atoms with van der Waals surface area (Å²) in [6.45, 7) is 4.40. The summed E-state index contributed by atoms with van der Waals surface area (Å²) < 4.78 is 0. The average molecular weight is 273 g/mol. The molecule has 0 aliphatic heterocycles. The van der Waals surface area contributed by atoms with Gasteiger partial charge in [0.2, 0.25) is 0 Å². The second-order valence-corrected chi connectivity index (χ2v) is 5.02. The third-order valence-electron chi connectivity index (χ3n) is 2.21. The van der Waals surface area contributed by atoms with Crippen molar-refractivity contribution in [3.63, 3.8) is 0 Å². The molecular formula is C11H15BBrCl. The zero-order chi connectivity index (χ0) is 10.6. The van der Waals surface area contributed by atoms with Crippen LogP contribution in [-0.2, 0) is 5.33 Å². The zero-order valence-electron chi connectivity index (χ0n) is 8.63. The maximum absolute atomic E-state index is 6.36. The predicted molar refractivity (Wildman–Crippen MR) is 70.0 cm³/mol. The minimum Gasteiger partial charge on any atom is -0.189 e. The maximum Gasteiger partial charge on any atom is 0.283 e. The van der Waals surface area contributed by atoms with Crippen molar-refractivity contribution in [2.45, 2.75) is 25.5 Å². The summed E-state index contributed by atoms with van der Waals surface area (Å²) in [4.78, 5) is 0. The molecule has 0 N–H and O–H groups in total. The van der Waals surface area contributed by atoms with Gasteiger partial charge in [-0.05, 0) is 5.56 Å². The highest BCUT2D eigenvalue weighted by molar-refractivity contribution is 9.08. The van der Waals surface area contributed by atoms with E-state index in [4.69, 9.17) is 11.5 Å². The fourth-order valence-electron chi connectivity index (χ4n) is 1.50. The summed E-state index contributed by atoms with van der Waals surface area (Å²) >= 11 is 9.85. The Morgan fingerprint density at radius 2 is 2.00 bits per heavy atom. The minimum absolute atomic E-state index is 0.142. The van der Waals surface area contributed by atoms with Crippen LogP contribution < -0.4 is 5.46 Å². The van der Waals surface area contributed by atoms with E-state index < -0.39 is 0 Å². The molecule has 0 bridgehead atoms. The highest BCUT2D eigenvalue weighted by Gasteiger charge is 2.17. The first-order valence-corrected chi connectivity index (χ1v) is 6.48. The van der Waals surface area contributed by atoms with Gasteiger partial charge in [0.15, 0.2) is 0 Å². The van der Waals surface area contributed by atoms with E-state index in [1.165, 1.54) is 11.0 Å². The molecule has 0 aliphatic carbocycles. The Kier molecular flexibility index (Phi) is 5.04. The van der Waals surface area contributed by atoms with Gasteiger partial charge in [-0.15, -0.1) is 0 Å². The van der Waals surface area contributed by atoms with Crippen LogP contribution in [0.25, 0.3) is 0 Å². The van der Waals surface area contributed by atoms with Crippen molar-refractivity contribution >= 4 is 39.0 Å². The quantitative estimate of drug-likeness (QED) is 0.580. The lowest BCUT2D eigenvalue weighted by atomic mass is 9.61. The first-order chi connectivity index (χ1) is 6.65. The van der Waals surface area contributed by atoms with Crippen molar-refractivity contribution in [2.24, 2.45) is 5.92 Å². The summed E-state index contributed by atoms with van der Waals surface area (Å²) in [5.74, 6) is 0.640. The first-order valence-electron chi connectivity index (χ1n) is 4.93. The molecule has 14 heavy (non-hydrogen) atoms. The molecule has 1 aromatic rings. The fraction of sp³-hybridized carbons (Fsp3) is 0.455. The van der Waals surface area contributed by atoms with Gasteiger partial charge < -0.3 is 0 Å². The summed E-state index contributed by atoms with van der Waals surface area (Å²) in [5.41, 5.74) is 2.56. The molecule has 0 radical (unpaired) electrons. The third kappa shape index (κ3) is 3.32. The smallest absolute Gasteiger partial charge is 0.189 e. The molecule has 0 nitrogen and oxygen atoms in total. The number of benzene rings is 1. The lowest BCUT2D eigenvalue weighted by molar-refractivity contribution is 0.731. The van der Waals surface area contributed by atoms with E-state index in [0.717, 1.165) is 11.7 Å². The van der Waals surface area contributed by atoms with E-state index in [1.807, 2.05) is 0 Å². The number of halogens is 2. The third-order valence-corrected chi connectivity index (χ3v) is 3.23. The van der Waals surface area contributed by atoms with Crippen molar-refractivity contribution in [3.05, 3.63) is 29.8 Å². The molecule has 1 aromatic carbocycles. The van der Waals surface area contributed by atoms with E-state index in [2.05, 4.69) is 54.0 Å². The van der Waals surface area contributed by atoms with Crippen LogP contribution in [-0.4, -0.2) is 6.13 Å². The SMILES string of the molecule is CC(C)CB(Cl)c1ccccc1CBr. The van der Waals surface area contributed by atoms with Gasteiger partial charge in [-0.25, -0.2) is 0 Å². The normalized spacial score (nSPS) is 10.6. The molecule has 1 rings (SSSR count). The van der Waals surface area contributed by atoms with Gasteiger partial charge in [0, 0.05) is 5.33 Å². The molecule has 0 fully saturated rings.